The lowest BCUT2D eigenvalue weighted by Gasteiger charge is -2.19. The van der Waals surface area contributed by atoms with Crippen LogP contribution in [0.3, 0.4) is 0 Å². The Morgan fingerprint density at radius 2 is 2.15 bits per heavy atom. The summed E-state index contributed by atoms with van der Waals surface area (Å²) in [7, 11) is 0. The van der Waals surface area contributed by atoms with Gasteiger partial charge in [0.2, 0.25) is 0 Å². The molecule has 1 fully saturated rings. The van der Waals surface area contributed by atoms with Crippen molar-refractivity contribution >= 4 is 28.2 Å². The second kappa shape index (κ2) is 6.90. The zero-order valence-electron chi connectivity index (χ0n) is 13.9. The number of fused-ring (bicyclic) bond motifs is 1. The van der Waals surface area contributed by atoms with Gasteiger partial charge in [0.05, 0.1) is 34.6 Å². The van der Waals surface area contributed by atoms with Gasteiger partial charge in [-0.15, -0.1) is 10.2 Å². The van der Waals surface area contributed by atoms with Gasteiger partial charge >= 0.3 is 0 Å². The van der Waals surface area contributed by atoms with E-state index in [0.717, 1.165) is 11.8 Å². The number of aromatic nitrogens is 4. The van der Waals surface area contributed by atoms with Crippen molar-refractivity contribution < 1.29 is 5.11 Å². The number of nitrogens with one attached hydrogen (secondary N) is 1. The van der Waals surface area contributed by atoms with Gasteiger partial charge in [-0.05, 0) is 24.8 Å². The molecule has 2 heterocycles. The van der Waals surface area contributed by atoms with Gasteiger partial charge in [0.1, 0.15) is 6.07 Å². The Hall–Kier alpha value is -2.69. The van der Waals surface area contributed by atoms with Crippen molar-refractivity contribution in [1.29, 1.82) is 5.26 Å². The van der Waals surface area contributed by atoms with Crippen LogP contribution in [0, 0.1) is 17.2 Å². The molecule has 1 aliphatic carbocycles. The summed E-state index contributed by atoms with van der Waals surface area (Å²) in [6, 6.07) is 9.45. The molecular formula is C18H17ClN6O. The minimum Gasteiger partial charge on any atom is -0.391 e. The Morgan fingerprint density at radius 3 is 2.92 bits per heavy atom. The van der Waals surface area contributed by atoms with E-state index in [1.54, 1.807) is 17.1 Å². The van der Waals surface area contributed by atoms with Crippen molar-refractivity contribution in [2.24, 2.45) is 5.92 Å². The standard InChI is InChI=1S/C18H17ClN6O/c19-12-8-21-25(10-12)9-11-5-15(17(26)6-11)22-18-13-3-1-2-4-14(13)23-24-16(18)7-20/h1-4,8,10-11,15,17,26H,5-6,9H2,(H,22,23)/t11?,15-,17-/m1/s1. The molecule has 1 unspecified atom stereocenters. The number of rotatable bonds is 4. The molecule has 0 aliphatic heterocycles. The van der Waals surface area contributed by atoms with Crippen LogP contribution in [0.5, 0.6) is 0 Å². The number of aliphatic hydroxyl groups is 1. The van der Waals surface area contributed by atoms with Crippen molar-refractivity contribution in [3.8, 4) is 6.07 Å². The number of hydrogen-bond acceptors (Lipinski definition) is 6. The topological polar surface area (TPSA) is 99.7 Å². The van der Waals surface area contributed by atoms with Gasteiger partial charge < -0.3 is 10.4 Å². The lowest BCUT2D eigenvalue weighted by Crippen LogP contribution is -2.28. The molecule has 0 spiro atoms. The Morgan fingerprint density at radius 1 is 1.31 bits per heavy atom. The Balaban J connectivity index is 1.56. The predicted octanol–water partition coefficient (Wildman–Crippen LogP) is 2.60. The van der Waals surface area contributed by atoms with Gasteiger partial charge in [0, 0.05) is 18.1 Å². The largest absolute Gasteiger partial charge is 0.391 e. The fourth-order valence-electron chi connectivity index (χ4n) is 3.59. The van der Waals surface area contributed by atoms with E-state index in [9.17, 15) is 10.4 Å². The van der Waals surface area contributed by atoms with Crippen LogP contribution >= 0.6 is 11.6 Å². The molecule has 3 aromatic rings. The molecule has 132 valence electrons. The monoisotopic (exact) mass is 368 g/mol. The lowest BCUT2D eigenvalue weighted by atomic mass is 10.1. The molecule has 1 aromatic carbocycles. The minimum atomic E-state index is -0.510. The van der Waals surface area contributed by atoms with E-state index < -0.39 is 6.10 Å². The molecule has 0 amide bonds. The summed E-state index contributed by atoms with van der Waals surface area (Å²) in [6.07, 6.45) is 4.30. The SMILES string of the molecule is N#Cc1nnc2ccccc2c1N[C@@H]1CC(Cn2cc(Cl)cn2)C[C@H]1O. The summed E-state index contributed by atoms with van der Waals surface area (Å²) < 4.78 is 1.80. The number of aliphatic hydroxyl groups excluding tert-OH is 1. The van der Waals surface area contributed by atoms with Crippen molar-refractivity contribution in [1.82, 2.24) is 20.0 Å². The summed E-state index contributed by atoms with van der Waals surface area (Å²) in [5.41, 5.74) is 1.58. The van der Waals surface area contributed by atoms with Crippen molar-refractivity contribution in [2.45, 2.75) is 31.5 Å². The molecular weight excluding hydrogens is 352 g/mol. The van der Waals surface area contributed by atoms with Crippen LogP contribution in [0.15, 0.2) is 36.7 Å². The Bertz CT molecular complexity index is 981. The average molecular weight is 369 g/mol. The molecule has 0 bridgehead atoms. The van der Waals surface area contributed by atoms with E-state index in [1.807, 2.05) is 24.3 Å². The van der Waals surface area contributed by atoms with Gasteiger partial charge in [-0.2, -0.15) is 10.4 Å². The highest BCUT2D eigenvalue weighted by Gasteiger charge is 2.34. The smallest absolute Gasteiger partial charge is 0.186 e. The molecule has 7 nitrogen and oxygen atoms in total. The third kappa shape index (κ3) is 3.21. The molecule has 0 saturated heterocycles. The van der Waals surface area contributed by atoms with Crippen LogP contribution in [0.25, 0.3) is 10.9 Å². The highest BCUT2D eigenvalue weighted by atomic mass is 35.5. The molecule has 1 saturated carbocycles. The van der Waals surface area contributed by atoms with E-state index in [4.69, 9.17) is 11.6 Å². The van der Waals surface area contributed by atoms with Crippen molar-refractivity contribution in [3.05, 3.63) is 47.4 Å². The van der Waals surface area contributed by atoms with Gasteiger partial charge in [0.15, 0.2) is 5.69 Å². The number of nitriles is 1. The lowest BCUT2D eigenvalue weighted by molar-refractivity contribution is 0.166. The van der Waals surface area contributed by atoms with Crippen LogP contribution in [-0.2, 0) is 6.54 Å². The molecule has 4 rings (SSSR count). The highest BCUT2D eigenvalue weighted by Crippen LogP contribution is 2.32. The van der Waals surface area contributed by atoms with Crippen LogP contribution in [-0.4, -0.2) is 37.2 Å². The van der Waals surface area contributed by atoms with E-state index >= 15 is 0 Å². The quantitative estimate of drug-likeness (QED) is 0.734. The van der Waals surface area contributed by atoms with Crippen LogP contribution < -0.4 is 5.32 Å². The Kier molecular flexibility index (Phi) is 4.45. The first kappa shape index (κ1) is 16.8. The Labute approximate surface area is 155 Å². The highest BCUT2D eigenvalue weighted by molar-refractivity contribution is 6.30. The number of hydrogen-bond donors (Lipinski definition) is 2. The molecule has 2 N–H and O–H groups in total. The summed E-state index contributed by atoms with van der Waals surface area (Å²) in [5.74, 6) is 0.269. The number of nitrogens with zero attached hydrogens (tertiary/aromatic N) is 5. The van der Waals surface area contributed by atoms with E-state index in [0.29, 0.717) is 29.2 Å². The van der Waals surface area contributed by atoms with Gasteiger partial charge in [0.25, 0.3) is 0 Å². The zero-order chi connectivity index (χ0) is 18.1. The maximum absolute atomic E-state index is 10.5. The molecule has 2 aromatic heterocycles. The second-order valence-corrected chi connectivity index (χ2v) is 7.03. The van der Waals surface area contributed by atoms with Crippen molar-refractivity contribution in [2.75, 3.05) is 5.32 Å². The van der Waals surface area contributed by atoms with Crippen LogP contribution in [0.2, 0.25) is 5.02 Å². The maximum atomic E-state index is 10.5. The first-order valence-corrected chi connectivity index (χ1v) is 8.80. The summed E-state index contributed by atoms with van der Waals surface area (Å²) >= 11 is 5.91. The minimum absolute atomic E-state index is 0.161. The predicted molar refractivity (Wildman–Crippen MR) is 97.6 cm³/mol. The first-order valence-electron chi connectivity index (χ1n) is 8.42. The normalized spacial score (nSPS) is 22.4. The number of benzene rings is 1. The zero-order valence-corrected chi connectivity index (χ0v) is 14.6. The fraction of sp³-hybridized carbons (Fsp3) is 0.333. The number of anilines is 1. The van der Waals surface area contributed by atoms with Crippen LogP contribution in [0.1, 0.15) is 18.5 Å². The summed E-state index contributed by atoms with van der Waals surface area (Å²) in [4.78, 5) is 0. The van der Waals surface area contributed by atoms with E-state index in [-0.39, 0.29) is 17.7 Å². The van der Waals surface area contributed by atoms with Gasteiger partial charge in [-0.3, -0.25) is 4.68 Å². The molecule has 26 heavy (non-hydrogen) atoms. The maximum Gasteiger partial charge on any atom is 0.186 e. The summed E-state index contributed by atoms with van der Waals surface area (Å²) in [6.45, 7) is 0.697. The first-order chi connectivity index (χ1) is 12.6. The van der Waals surface area contributed by atoms with Gasteiger partial charge in [-0.25, -0.2) is 0 Å². The molecule has 1 aliphatic rings. The second-order valence-electron chi connectivity index (χ2n) is 6.59. The van der Waals surface area contributed by atoms with E-state index in [1.165, 1.54) is 0 Å². The van der Waals surface area contributed by atoms with Crippen molar-refractivity contribution in [3.63, 3.8) is 0 Å². The molecule has 0 radical (unpaired) electrons. The fourth-order valence-corrected chi connectivity index (χ4v) is 3.74. The van der Waals surface area contributed by atoms with Crippen LogP contribution in [0.4, 0.5) is 5.69 Å². The third-order valence-electron chi connectivity index (χ3n) is 4.78. The summed E-state index contributed by atoms with van der Waals surface area (Å²) in [5, 5.41) is 36.9. The number of halogens is 1. The molecule has 3 atom stereocenters. The average Bonchev–Trinajstić information content (AvgIpc) is 3.20. The van der Waals surface area contributed by atoms with E-state index in [2.05, 4.69) is 26.7 Å². The third-order valence-corrected chi connectivity index (χ3v) is 4.97. The molecule has 8 heteroatoms. The van der Waals surface area contributed by atoms with Gasteiger partial charge in [-0.1, -0.05) is 29.8 Å².